The first-order chi connectivity index (χ1) is 10.1. The van der Waals surface area contributed by atoms with Gasteiger partial charge in [-0.1, -0.05) is 30.3 Å². The SMILES string of the molecule is CNC(Cc1ccccc1)C(O)CN1CCCC1C(C)=O. The van der Waals surface area contributed by atoms with E-state index in [1.54, 1.807) is 6.92 Å². The highest BCUT2D eigenvalue weighted by atomic mass is 16.3. The molecule has 1 fully saturated rings. The van der Waals surface area contributed by atoms with Gasteiger partial charge >= 0.3 is 0 Å². The Morgan fingerprint density at radius 3 is 2.76 bits per heavy atom. The fourth-order valence-corrected chi connectivity index (χ4v) is 3.17. The van der Waals surface area contributed by atoms with E-state index < -0.39 is 6.10 Å². The summed E-state index contributed by atoms with van der Waals surface area (Å²) in [5, 5.41) is 13.7. The summed E-state index contributed by atoms with van der Waals surface area (Å²) in [4.78, 5) is 13.8. The lowest BCUT2D eigenvalue weighted by Crippen LogP contribution is -2.48. The van der Waals surface area contributed by atoms with Crippen molar-refractivity contribution in [2.24, 2.45) is 0 Å². The monoisotopic (exact) mass is 290 g/mol. The summed E-state index contributed by atoms with van der Waals surface area (Å²) < 4.78 is 0. The second-order valence-electron chi connectivity index (χ2n) is 5.92. The molecule has 2 rings (SSSR count). The van der Waals surface area contributed by atoms with E-state index in [1.807, 2.05) is 25.2 Å². The number of Topliss-reactive ketones (excluding diaryl/α,β-unsaturated/α-hetero) is 1. The van der Waals surface area contributed by atoms with Gasteiger partial charge in [0.2, 0.25) is 0 Å². The third-order valence-corrected chi connectivity index (χ3v) is 4.39. The van der Waals surface area contributed by atoms with Gasteiger partial charge in [0.1, 0.15) is 5.78 Å². The molecule has 0 radical (unpaired) electrons. The number of rotatable bonds is 7. The van der Waals surface area contributed by atoms with Crippen molar-refractivity contribution in [1.82, 2.24) is 10.2 Å². The number of aliphatic hydroxyl groups excluding tert-OH is 1. The van der Waals surface area contributed by atoms with Crippen LogP contribution in [0.25, 0.3) is 0 Å². The van der Waals surface area contributed by atoms with Crippen LogP contribution < -0.4 is 5.32 Å². The van der Waals surface area contributed by atoms with Crippen LogP contribution in [0.2, 0.25) is 0 Å². The Balaban J connectivity index is 1.93. The van der Waals surface area contributed by atoms with E-state index in [-0.39, 0.29) is 17.9 Å². The van der Waals surface area contributed by atoms with Crippen LogP contribution in [0.5, 0.6) is 0 Å². The zero-order chi connectivity index (χ0) is 15.2. The average Bonchev–Trinajstić information content (AvgIpc) is 2.94. The minimum atomic E-state index is -0.477. The second-order valence-corrected chi connectivity index (χ2v) is 5.92. The maximum atomic E-state index is 11.6. The third-order valence-electron chi connectivity index (χ3n) is 4.39. The fourth-order valence-electron chi connectivity index (χ4n) is 3.17. The van der Waals surface area contributed by atoms with Crippen molar-refractivity contribution < 1.29 is 9.90 Å². The Morgan fingerprint density at radius 2 is 2.14 bits per heavy atom. The maximum absolute atomic E-state index is 11.6. The number of benzene rings is 1. The summed E-state index contributed by atoms with van der Waals surface area (Å²) in [5.74, 6) is 0.212. The van der Waals surface area contributed by atoms with Gasteiger partial charge in [-0.25, -0.2) is 0 Å². The second kappa shape index (κ2) is 7.69. The molecule has 1 aliphatic rings. The zero-order valence-electron chi connectivity index (χ0n) is 13.0. The van der Waals surface area contributed by atoms with Crippen LogP contribution in [0.1, 0.15) is 25.3 Å². The van der Waals surface area contributed by atoms with Gasteiger partial charge in [-0.3, -0.25) is 9.69 Å². The number of likely N-dealkylation sites (N-methyl/N-ethyl adjacent to an activating group) is 1. The van der Waals surface area contributed by atoms with Crippen molar-refractivity contribution in [2.45, 2.75) is 44.4 Å². The van der Waals surface area contributed by atoms with Crippen molar-refractivity contribution in [1.29, 1.82) is 0 Å². The van der Waals surface area contributed by atoms with Gasteiger partial charge in [-0.05, 0) is 45.3 Å². The molecule has 21 heavy (non-hydrogen) atoms. The first kappa shape index (κ1) is 16.1. The minimum absolute atomic E-state index is 0.000563. The van der Waals surface area contributed by atoms with E-state index in [0.29, 0.717) is 6.54 Å². The first-order valence-electron chi connectivity index (χ1n) is 7.75. The normalized spacial score (nSPS) is 22.1. The molecule has 116 valence electrons. The third kappa shape index (κ3) is 4.37. The molecule has 2 N–H and O–H groups in total. The standard InChI is InChI=1S/C17H26N2O2/c1-13(20)16-9-6-10-19(16)12-17(21)15(18-2)11-14-7-4-3-5-8-14/h3-5,7-8,15-18,21H,6,9-12H2,1-2H3. The number of hydrogen-bond donors (Lipinski definition) is 2. The first-order valence-corrected chi connectivity index (χ1v) is 7.75. The number of hydrogen-bond acceptors (Lipinski definition) is 4. The summed E-state index contributed by atoms with van der Waals surface area (Å²) in [7, 11) is 1.88. The summed E-state index contributed by atoms with van der Waals surface area (Å²) in [5.41, 5.74) is 1.21. The van der Waals surface area contributed by atoms with Crippen molar-refractivity contribution >= 4 is 5.78 Å². The molecular formula is C17H26N2O2. The van der Waals surface area contributed by atoms with Crippen LogP contribution in [-0.2, 0) is 11.2 Å². The summed E-state index contributed by atoms with van der Waals surface area (Å²) in [6.07, 6.45) is 2.28. The van der Waals surface area contributed by atoms with Gasteiger partial charge in [0.25, 0.3) is 0 Å². The predicted molar refractivity (Wildman–Crippen MR) is 84.3 cm³/mol. The minimum Gasteiger partial charge on any atom is -0.390 e. The molecular weight excluding hydrogens is 264 g/mol. The number of nitrogens with one attached hydrogen (secondary N) is 1. The quantitative estimate of drug-likeness (QED) is 0.793. The van der Waals surface area contributed by atoms with Crippen LogP contribution in [0.4, 0.5) is 0 Å². The van der Waals surface area contributed by atoms with E-state index >= 15 is 0 Å². The lowest BCUT2D eigenvalue weighted by Gasteiger charge is -2.29. The van der Waals surface area contributed by atoms with Crippen LogP contribution >= 0.6 is 0 Å². The zero-order valence-corrected chi connectivity index (χ0v) is 13.0. The van der Waals surface area contributed by atoms with Gasteiger partial charge in [0.05, 0.1) is 12.1 Å². The molecule has 3 atom stereocenters. The van der Waals surface area contributed by atoms with E-state index in [4.69, 9.17) is 0 Å². The Bertz CT molecular complexity index is 449. The van der Waals surface area contributed by atoms with Crippen molar-refractivity contribution in [3.63, 3.8) is 0 Å². The van der Waals surface area contributed by atoms with Gasteiger partial charge in [0.15, 0.2) is 0 Å². The van der Waals surface area contributed by atoms with E-state index in [0.717, 1.165) is 25.8 Å². The largest absolute Gasteiger partial charge is 0.390 e. The Kier molecular flexibility index (Phi) is 5.91. The van der Waals surface area contributed by atoms with E-state index in [2.05, 4.69) is 22.3 Å². The van der Waals surface area contributed by atoms with Crippen molar-refractivity contribution in [2.75, 3.05) is 20.1 Å². The number of carbonyl (C=O) groups is 1. The topological polar surface area (TPSA) is 52.6 Å². The summed E-state index contributed by atoms with van der Waals surface area (Å²) in [6, 6.07) is 10.2. The van der Waals surface area contributed by atoms with Gasteiger partial charge in [0, 0.05) is 12.6 Å². The molecule has 0 saturated carbocycles. The lowest BCUT2D eigenvalue weighted by molar-refractivity contribution is -0.121. The highest BCUT2D eigenvalue weighted by molar-refractivity contribution is 5.81. The number of ketones is 1. The number of nitrogens with zero attached hydrogens (tertiary/aromatic N) is 1. The van der Waals surface area contributed by atoms with Gasteiger partial charge in [-0.2, -0.15) is 0 Å². The number of aliphatic hydroxyl groups is 1. The van der Waals surface area contributed by atoms with Crippen molar-refractivity contribution in [3.8, 4) is 0 Å². The summed E-state index contributed by atoms with van der Waals surface area (Å²) >= 11 is 0. The van der Waals surface area contributed by atoms with Crippen LogP contribution in [0.3, 0.4) is 0 Å². The fraction of sp³-hybridized carbons (Fsp3) is 0.588. The van der Waals surface area contributed by atoms with Crippen LogP contribution in [0, 0.1) is 0 Å². The molecule has 4 nitrogen and oxygen atoms in total. The molecule has 0 amide bonds. The highest BCUT2D eigenvalue weighted by Crippen LogP contribution is 2.19. The van der Waals surface area contributed by atoms with Gasteiger partial charge in [-0.15, -0.1) is 0 Å². The smallest absolute Gasteiger partial charge is 0.146 e. The number of β-amino-alcohol motifs (C(OH)–C–C–N with tert-alkyl or cyclic N) is 1. The Labute approximate surface area is 127 Å². The molecule has 3 unspecified atom stereocenters. The van der Waals surface area contributed by atoms with Gasteiger partial charge < -0.3 is 10.4 Å². The molecule has 0 spiro atoms. The van der Waals surface area contributed by atoms with E-state index in [1.165, 1.54) is 5.56 Å². The highest BCUT2D eigenvalue weighted by Gasteiger charge is 2.31. The molecule has 0 aromatic heterocycles. The van der Waals surface area contributed by atoms with Crippen molar-refractivity contribution in [3.05, 3.63) is 35.9 Å². The van der Waals surface area contributed by atoms with E-state index in [9.17, 15) is 9.90 Å². The Morgan fingerprint density at radius 1 is 1.43 bits per heavy atom. The number of carbonyl (C=O) groups excluding carboxylic acids is 1. The molecule has 0 aliphatic carbocycles. The molecule has 1 heterocycles. The Hall–Kier alpha value is -1.23. The van der Waals surface area contributed by atoms with Crippen LogP contribution in [-0.4, -0.2) is 54.1 Å². The lowest BCUT2D eigenvalue weighted by atomic mass is 10.0. The average molecular weight is 290 g/mol. The molecule has 0 bridgehead atoms. The molecule has 4 heteroatoms. The maximum Gasteiger partial charge on any atom is 0.146 e. The van der Waals surface area contributed by atoms with Crippen LogP contribution in [0.15, 0.2) is 30.3 Å². The molecule has 1 aromatic rings. The number of likely N-dealkylation sites (tertiary alicyclic amines) is 1. The molecule has 1 aliphatic heterocycles. The predicted octanol–water partition coefficient (Wildman–Crippen LogP) is 1.23. The summed E-state index contributed by atoms with van der Waals surface area (Å²) in [6.45, 7) is 3.11. The molecule has 1 saturated heterocycles. The molecule has 1 aromatic carbocycles.